The second kappa shape index (κ2) is 15.0. The van der Waals surface area contributed by atoms with E-state index in [1.54, 1.807) is 0 Å². The second-order valence-electron chi connectivity index (χ2n) is 15.9. The molecular formula is C58H38N2OS. The molecule has 0 spiro atoms. The molecule has 2 aromatic heterocycles. The molecule has 12 aromatic rings. The first kappa shape index (κ1) is 36.1. The fraction of sp³-hybridized carbons (Fsp3) is 0.0172. The minimum Gasteiger partial charge on any atom is -0.436 e. The summed E-state index contributed by atoms with van der Waals surface area (Å²) in [7, 11) is 0. The molecule has 0 fully saturated rings. The van der Waals surface area contributed by atoms with E-state index in [2.05, 4.69) is 205 Å². The standard InChI is InChI=1S/C58H38N2OS/c1-4-15-38(16-5-1)42-22-14-23-45(33-42)60(46-30-32-49-48-25-12-13-26-54(48)62-55(49)35-46)37-44-28-27-43(34-51(44)39-17-6-2-7-18-39)52-36-53-57(59-58(61-53)41-20-8-3-9-21-41)56-47-24-11-10-19-40(47)29-31-50(52)56/h1-36H,37H2. The van der Waals surface area contributed by atoms with Crippen molar-refractivity contribution in [3.8, 4) is 44.8 Å². The first-order chi connectivity index (χ1) is 30.7. The molecule has 0 atom stereocenters. The van der Waals surface area contributed by atoms with Crippen LogP contribution in [0.15, 0.2) is 223 Å². The van der Waals surface area contributed by atoms with Gasteiger partial charge in [0.05, 0.1) is 0 Å². The highest BCUT2D eigenvalue weighted by Gasteiger charge is 2.21. The maximum atomic E-state index is 6.64. The maximum Gasteiger partial charge on any atom is 0.227 e. The smallest absolute Gasteiger partial charge is 0.227 e. The molecule has 0 saturated carbocycles. The van der Waals surface area contributed by atoms with E-state index < -0.39 is 0 Å². The van der Waals surface area contributed by atoms with E-state index in [0.29, 0.717) is 12.4 Å². The van der Waals surface area contributed by atoms with Crippen LogP contribution in [0.2, 0.25) is 0 Å². The van der Waals surface area contributed by atoms with Crippen molar-refractivity contribution in [2.45, 2.75) is 6.54 Å². The summed E-state index contributed by atoms with van der Waals surface area (Å²) in [6.07, 6.45) is 0. The van der Waals surface area contributed by atoms with Crippen molar-refractivity contribution < 1.29 is 4.42 Å². The van der Waals surface area contributed by atoms with Crippen LogP contribution in [0.25, 0.3) is 97.7 Å². The van der Waals surface area contributed by atoms with E-state index in [9.17, 15) is 0 Å². The molecule has 4 heteroatoms. The van der Waals surface area contributed by atoms with Gasteiger partial charge in [-0.05, 0) is 110 Å². The summed E-state index contributed by atoms with van der Waals surface area (Å²) in [5, 5.41) is 7.18. The van der Waals surface area contributed by atoms with Gasteiger partial charge in [-0.15, -0.1) is 11.3 Å². The van der Waals surface area contributed by atoms with Crippen LogP contribution in [0, 0.1) is 0 Å². The van der Waals surface area contributed by atoms with Crippen molar-refractivity contribution in [1.82, 2.24) is 4.98 Å². The van der Waals surface area contributed by atoms with E-state index in [1.807, 2.05) is 29.5 Å². The molecule has 0 radical (unpaired) electrons. The summed E-state index contributed by atoms with van der Waals surface area (Å²) < 4.78 is 9.22. The topological polar surface area (TPSA) is 29.3 Å². The van der Waals surface area contributed by atoms with E-state index in [-0.39, 0.29) is 0 Å². The van der Waals surface area contributed by atoms with Crippen molar-refractivity contribution in [2.24, 2.45) is 0 Å². The largest absolute Gasteiger partial charge is 0.436 e. The molecule has 0 unspecified atom stereocenters. The van der Waals surface area contributed by atoms with Crippen LogP contribution in [-0.2, 0) is 6.54 Å². The molecule has 0 aliphatic rings. The predicted octanol–water partition coefficient (Wildman–Crippen LogP) is 16.5. The Balaban J connectivity index is 1.04. The SMILES string of the molecule is c1ccc(-c2cccc(N(Cc3ccc(-c4cc5oc(-c6ccccc6)nc5c5c4ccc4ccccc45)cc3-c3ccccc3)c3ccc4c(c3)sc3ccccc34)c2)cc1. The predicted molar refractivity (Wildman–Crippen MR) is 262 cm³/mol. The fourth-order valence-corrected chi connectivity index (χ4v) is 10.3. The first-order valence-corrected chi connectivity index (χ1v) is 21.9. The van der Waals surface area contributed by atoms with Gasteiger partial charge in [-0.1, -0.05) is 164 Å². The van der Waals surface area contributed by atoms with Crippen LogP contribution in [0.3, 0.4) is 0 Å². The third kappa shape index (κ3) is 6.32. The average Bonchev–Trinajstić information content (AvgIpc) is 3.95. The summed E-state index contributed by atoms with van der Waals surface area (Å²) in [4.78, 5) is 7.63. The monoisotopic (exact) mass is 810 g/mol. The Morgan fingerprint density at radius 3 is 1.90 bits per heavy atom. The minimum absolute atomic E-state index is 0.623. The molecular weight excluding hydrogens is 773 g/mol. The number of aromatic nitrogens is 1. The Morgan fingerprint density at radius 2 is 1.08 bits per heavy atom. The number of benzene rings is 10. The lowest BCUT2D eigenvalue weighted by atomic mass is 9.90. The summed E-state index contributed by atoms with van der Waals surface area (Å²) in [6, 6.07) is 78.6. The lowest BCUT2D eigenvalue weighted by molar-refractivity contribution is 0.620. The van der Waals surface area contributed by atoms with Crippen molar-refractivity contribution in [1.29, 1.82) is 0 Å². The average molecular weight is 811 g/mol. The Labute approximate surface area is 363 Å². The van der Waals surface area contributed by atoms with Gasteiger partial charge in [0.2, 0.25) is 5.89 Å². The summed E-state index contributed by atoms with van der Waals surface area (Å²) >= 11 is 1.86. The van der Waals surface area contributed by atoms with Crippen LogP contribution in [0.4, 0.5) is 11.4 Å². The summed E-state index contributed by atoms with van der Waals surface area (Å²) in [5.74, 6) is 0.623. The Morgan fingerprint density at radius 1 is 0.419 bits per heavy atom. The number of hydrogen-bond acceptors (Lipinski definition) is 4. The number of fused-ring (bicyclic) bond motifs is 8. The molecule has 10 aromatic carbocycles. The van der Waals surface area contributed by atoms with Gasteiger partial charge >= 0.3 is 0 Å². The van der Waals surface area contributed by atoms with E-state index >= 15 is 0 Å². The summed E-state index contributed by atoms with van der Waals surface area (Å²) in [5.41, 5.74) is 13.1. The zero-order chi connectivity index (χ0) is 41.0. The molecule has 2 heterocycles. The molecule has 0 saturated heterocycles. The lowest BCUT2D eigenvalue weighted by Gasteiger charge is -2.27. The van der Waals surface area contributed by atoms with Crippen molar-refractivity contribution in [3.05, 3.63) is 224 Å². The van der Waals surface area contributed by atoms with Gasteiger partial charge < -0.3 is 9.32 Å². The van der Waals surface area contributed by atoms with Crippen LogP contribution in [0.1, 0.15) is 5.56 Å². The van der Waals surface area contributed by atoms with Crippen LogP contribution in [0.5, 0.6) is 0 Å². The minimum atomic E-state index is 0.623. The zero-order valence-corrected chi connectivity index (χ0v) is 34.5. The zero-order valence-electron chi connectivity index (χ0n) is 33.7. The highest BCUT2D eigenvalue weighted by molar-refractivity contribution is 7.25. The molecule has 0 aliphatic carbocycles. The van der Waals surface area contributed by atoms with Crippen LogP contribution in [-0.4, -0.2) is 4.98 Å². The van der Waals surface area contributed by atoms with Crippen LogP contribution >= 0.6 is 11.3 Å². The van der Waals surface area contributed by atoms with Gasteiger partial charge in [0.25, 0.3) is 0 Å². The highest BCUT2D eigenvalue weighted by atomic mass is 32.1. The van der Waals surface area contributed by atoms with Gasteiger partial charge in [-0.25, -0.2) is 4.98 Å². The maximum absolute atomic E-state index is 6.64. The van der Waals surface area contributed by atoms with Crippen molar-refractivity contribution >= 4 is 75.5 Å². The quantitative estimate of drug-likeness (QED) is 0.143. The molecule has 0 bridgehead atoms. The first-order valence-electron chi connectivity index (χ1n) is 21.1. The van der Waals surface area contributed by atoms with Gasteiger partial charge in [0.1, 0.15) is 5.52 Å². The van der Waals surface area contributed by atoms with Gasteiger partial charge in [0, 0.05) is 49.0 Å². The van der Waals surface area contributed by atoms with Gasteiger partial charge in [-0.3, -0.25) is 0 Å². The van der Waals surface area contributed by atoms with Crippen molar-refractivity contribution in [2.75, 3.05) is 4.90 Å². The summed E-state index contributed by atoms with van der Waals surface area (Å²) in [6.45, 7) is 0.659. The Kier molecular flexibility index (Phi) is 8.75. The van der Waals surface area contributed by atoms with E-state index in [4.69, 9.17) is 9.40 Å². The Hall–Kier alpha value is -7.79. The number of rotatable bonds is 8. The third-order valence-corrected chi connectivity index (χ3v) is 13.3. The molecule has 292 valence electrons. The van der Waals surface area contributed by atoms with E-state index in [1.165, 1.54) is 53.4 Å². The number of oxazole rings is 1. The number of hydrogen-bond donors (Lipinski definition) is 0. The highest BCUT2D eigenvalue weighted by Crippen LogP contribution is 2.43. The molecule has 3 nitrogen and oxygen atoms in total. The van der Waals surface area contributed by atoms with Gasteiger partial charge in [-0.2, -0.15) is 0 Å². The number of nitrogens with zero attached hydrogens (tertiary/aromatic N) is 2. The molecule has 62 heavy (non-hydrogen) atoms. The molecule has 0 N–H and O–H groups in total. The number of anilines is 2. The van der Waals surface area contributed by atoms with Crippen LogP contribution < -0.4 is 4.90 Å². The Bertz CT molecular complexity index is 3610. The second-order valence-corrected chi connectivity index (χ2v) is 17.0. The molecule has 0 aliphatic heterocycles. The van der Waals surface area contributed by atoms with Crippen molar-refractivity contribution in [3.63, 3.8) is 0 Å². The van der Waals surface area contributed by atoms with Gasteiger partial charge in [0.15, 0.2) is 5.58 Å². The molecule has 0 amide bonds. The number of thiophene rings is 1. The molecule has 12 rings (SSSR count). The normalized spacial score (nSPS) is 11.6. The fourth-order valence-electron chi connectivity index (χ4n) is 9.15. The van der Waals surface area contributed by atoms with E-state index in [0.717, 1.165) is 55.3 Å². The third-order valence-electron chi connectivity index (χ3n) is 12.2. The lowest BCUT2D eigenvalue weighted by Crippen LogP contribution is -2.17.